The summed E-state index contributed by atoms with van der Waals surface area (Å²) in [5.74, 6) is -0.585. The number of carbonyl (C=O) groups excluding carboxylic acids is 2. The Labute approximate surface area is 169 Å². The zero-order valence-corrected chi connectivity index (χ0v) is 16.7. The highest BCUT2D eigenvalue weighted by molar-refractivity contribution is 6.45. The number of benzene rings is 2. The molecule has 1 fully saturated rings. The first-order valence-electron chi connectivity index (χ1n) is 9.35. The molecule has 0 N–H and O–H groups in total. The van der Waals surface area contributed by atoms with Crippen LogP contribution in [0.2, 0.25) is 5.02 Å². The van der Waals surface area contributed by atoms with Crippen LogP contribution in [0.15, 0.2) is 54.2 Å². The zero-order valence-electron chi connectivity index (χ0n) is 16.0. The second kappa shape index (κ2) is 7.41. The molecule has 144 valence electrons. The molecule has 0 aliphatic carbocycles. The molecule has 6 heteroatoms. The van der Waals surface area contributed by atoms with Crippen LogP contribution < -0.4 is 4.90 Å². The first-order chi connectivity index (χ1) is 13.5. The number of nitrogens with zero attached hydrogens (tertiary/aromatic N) is 3. The van der Waals surface area contributed by atoms with Crippen LogP contribution in [0.4, 0.5) is 5.69 Å². The van der Waals surface area contributed by atoms with Crippen LogP contribution in [0.3, 0.4) is 0 Å². The smallest absolute Gasteiger partial charge is 0.282 e. The molecule has 0 radical (unpaired) electrons. The van der Waals surface area contributed by atoms with Crippen LogP contribution in [0.5, 0.6) is 0 Å². The third kappa shape index (κ3) is 3.21. The van der Waals surface area contributed by atoms with Gasteiger partial charge in [-0.25, -0.2) is 4.90 Å². The van der Waals surface area contributed by atoms with Gasteiger partial charge in [0.1, 0.15) is 5.70 Å². The molecular formula is C22H22ClN3O2. The van der Waals surface area contributed by atoms with Gasteiger partial charge in [-0.1, -0.05) is 48.0 Å². The summed E-state index contributed by atoms with van der Waals surface area (Å²) in [7, 11) is 2.06. The molecule has 2 aromatic carbocycles. The number of halogens is 1. The number of likely N-dealkylation sites (N-methyl/N-ethyl adjacent to an activating group) is 1. The number of amides is 2. The number of rotatable bonds is 3. The molecule has 4 rings (SSSR count). The number of hydrogen-bond acceptors (Lipinski definition) is 4. The molecule has 0 atom stereocenters. The van der Waals surface area contributed by atoms with E-state index in [2.05, 4.69) is 11.9 Å². The fraction of sp³-hybridized carbons (Fsp3) is 0.273. The first kappa shape index (κ1) is 18.7. The molecule has 2 aromatic rings. The average molecular weight is 396 g/mol. The first-order valence-corrected chi connectivity index (χ1v) is 9.73. The van der Waals surface area contributed by atoms with Gasteiger partial charge in [0.2, 0.25) is 0 Å². The van der Waals surface area contributed by atoms with Crippen molar-refractivity contribution in [1.29, 1.82) is 0 Å². The molecule has 2 aliphatic heterocycles. The second-order valence-corrected chi connectivity index (χ2v) is 7.67. The Kier molecular flexibility index (Phi) is 4.96. The van der Waals surface area contributed by atoms with E-state index in [9.17, 15) is 9.59 Å². The SMILES string of the molecule is Cc1ccc(N2C(=O)C(c3ccccc3)=C(N3CCN(C)CC3)C2=O)cc1Cl. The number of carbonyl (C=O) groups is 2. The summed E-state index contributed by atoms with van der Waals surface area (Å²) in [6.07, 6.45) is 0. The molecule has 2 amide bonds. The van der Waals surface area contributed by atoms with Crippen molar-refractivity contribution in [1.82, 2.24) is 9.80 Å². The molecule has 0 aromatic heterocycles. The summed E-state index contributed by atoms with van der Waals surface area (Å²) < 4.78 is 0. The van der Waals surface area contributed by atoms with Crippen molar-refractivity contribution < 1.29 is 9.59 Å². The van der Waals surface area contributed by atoms with Crippen LogP contribution in [-0.2, 0) is 9.59 Å². The lowest BCUT2D eigenvalue weighted by Crippen LogP contribution is -2.46. The van der Waals surface area contributed by atoms with Crippen molar-refractivity contribution in [3.8, 4) is 0 Å². The fourth-order valence-corrected chi connectivity index (χ4v) is 3.84. The van der Waals surface area contributed by atoms with E-state index in [-0.39, 0.29) is 11.8 Å². The van der Waals surface area contributed by atoms with E-state index in [1.807, 2.05) is 48.2 Å². The summed E-state index contributed by atoms with van der Waals surface area (Å²) in [4.78, 5) is 32.3. The van der Waals surface area contributed by atoms with Crippen molar-refractivity contribution in [2.24, 2.45) is 0 Å². The Morgan fingerprint density at radius 1 is 0.893 bits per heavy atom. The van der Waals surface area contributed by atoms with Crippen molar-refractivity contribution in [2.75, 3.05) is 38.1 Å². The molecule has 2 aliphatic rings. The van der Waals surface area contributed by atoms with Gasteiger partial charge in [0.05, 0.1) is 11.3 Å². The molecule has 5 nitrogen and oxygen atoms in total. The van der Waals surface area contributed by atoms with Crippen LogP contribution in [0.1, 0.15) is 11.1 Å². The number of hydrogen-bond donors (Lipinski definition) is 0. The van der Waals surface area contributed by atoms with Gasteiger partial charge in [-0.3, -0.25) is 9.59 Å². The maximum absolute atomic E-state index is 13.4. The summed E-state index contributed by atoms with van der Waals surface area (Å²) in [6.45, 7) is 5.02. The van der Waals surface area contributed by atoms with Crippen molar-refractivity contribution in [3.05, 3.63) is 70.4 Å². The monoisotopic (exact) mass is 395 g/mol. The average Bonchev–Trinajstić information content (AvgIpc) is 2.96. The van der Waals surface area contributed by atoms with Gasteiger partial charge in [-0.05, 0) is 37.2 Å². The standard InChI is InChI=1S/C22H22ClN3O2/c1-15-8-9-17(14-18(15)23)26-21(27)19(16-6-4-3-5-7-16)20(22(26)28)25-12-10-24(2)11-13-25/h3-9,14H,10-13H2,1-2H3. The van der Waals surface area contributed by atoms with E-state index in [4.69, 9.17) is 11.6 Å². The largest absolute Gasteiger partial charge is 0.364 e. The van der Waals surface area contributed by atoms with E-state index in [1.165, 1.54) is 4.90 Å². The number of aryl methyl sites for hydroxylation is 1. The summed E-state index contributed by atoms with van der Waals surface area (Å²) in [5, 5.41) is 0.535. The highest BCUT2D eigenvalue weighted by atomic mass is 35.5. The van der Waals surface area contributed by atoms with Crippen molar-refractivity contribution >= 4 is 34.7 Å². The van der Waals surface area contributed by atoms with Crippen LogP contribution in [0.25, 0.3) is 5.57 Å². The van der Waals surface area contributed by atoms with Gasteiger partial charge in [0.15, 0.2) is 0 Å². The van der Waals surface area contributed by atoms with Gasteiger partial charge in [-0.2, -0.15) is 0 Å². The fourth-order valence-electron chi connectivity index (χ4n) is 3.66. The predicted octanol–water partition coefficient (Wildman–Crippen LogP) is 3.18. The lowest BCUT2D eigenvalue weighted by molar-refractivity contribution is -0.120. The molecule has 28 heavy (non-hydrogen) atoms. The summed E-state index contributed by atoms with van der Waals surface area (Å²) >= 11 is 6.26. The molecule has 1 saturated heterocycles. The van der Waals surface area contributed by atoms with E-state index < -0.39 is 0 Å². The van der Waals surface area contributed by atoms with Crippen molar-refractivity contribution in [3.63, 3.8) is 0 Å². The molecule has 0 saturated carbocycles. The van der Waals surface area contributed by atoms with Gasteiger partial charge in [0, 0.05) is 31.2 Å². The van der Waals surface area contributed by atoms with Crippen LogP contribution in [0, 0.1) is 6.92 Å². The molecule has 0 spiro atoms. The molecule has 0 bridgehead atoms. The summed E-state index contributed by atoms with van der Waals surface area (Å²) in [5.41, 5.74) is 3.12. The third-order valence-electron chi connectivity index (χ3n) is 5.36. The molecule has 2 heterocycles. The number of imide groups is 1. The molecular weight excluding hydrogens is 374 g/mol. The third-order valence-corrected chi connectivity index (χ3v) is 5.76. The van der Waals surface area contributed by atoms with Gasteiger partial charge >= 0.3 is 0 Å². The second-order valence-electron chi connectivity index (χ2n) is 7.26. The lowest BCUT2D eigenvalue weighted by atomic mass is 10.0. The van der Waals surface area contributed by atoms with E-state index in [1.54, 1.807) is 12.1 Å². The van der Waals surface area contributed by atoms with Crippen molar-refractivity contribution in [2.45, 2.75) is 6.92 Å². The Morgan fingerprint density at radius 3 is 2.21 bits per heavy atom. The highest BCUT2D eigenvalue weighted by Crippen LogP contribution is 2.36. The minimum Gasteiger partial charge on any atom is -0.364 e. The Bertz CT molecular complexity index is 963. The Hall–Kier alpha value is -2.63. The number of piperazine rings is 1. The van der Waals surface area contributed by atoms with Crippen LogP contribution in [-0.4, -0.2) is 54.8 Å². The normalized spacial score (nSPS) is 18.4. The zero-order chi connectivity index (χ0) is 19.8. The maximum atomic E-state index is 13.4. The predicted molar refractivity (Wildman–Crippen MR) is 111 cm³/mol. The summed E-state index contributed by atoms with van der Waals surface area (Å²) in [6, 6.07) is 14.7. The minimum atomic E-state index is -0.301. The Morgan fingerprint density at radius 2 is 1.57 bits per heavy atom. The Balaban J connectivity index is 1.80. The lowest BCUT2D eigenvalue weighted by Gasteiger charge is -2.34. The van der Waals surface area contributed by atoms with E-state index in [0.29, 0.717) is 35.1 Å². The quantitative estimate of drug-likeness (QED) is 0.749. The van der Waals surface area contributed by atoms with E-state index >= 15 is 0 Å². The number of anilines is 1. The van der Waals surface area contributed by atoms with Crippen LogP contribution >= 0.6 is 11.6 Å². The minimum absolute atomic E-state index is 0.284. The van der Waals surface area contributed by atoms with Gasteiger partial charge < -0.3 is 9.80 Å². The van der Waals surface area contributed by atoms with Gasteiger partial charge in [-0.15, -0.1) is 0 Å². The maximum Gasteiger partial charge on any atom is 0.282 e. The van der Waals surface area contributed by atoms with Gasteiger partial charge in [0.25, 0.3) is 11.8 Å². The topological polar surface area (TPSA) is 43.9 Å². The highest BCUT2D eigenvalue weighted by Gasteiger charge is 2.42. The molecule has 0 unspecified atom stereocenters. The van der Waals surface area contributed by atoms with E-state index in [0.717, 1.165) is 24.2 Å².